The summed E-state index contributed by atoms with van der Waals surface area (Å²) in [6.07, 6.45) is 3.28. The SMILES string of the molecule is CCc1ccc(N2C(=O)[C@H]3[C@H](CC=C4[C@H]3C[C@H]3C(=O)N(Nc5ccc(Cl)cc5Cl)C(=O)[C@@]3(c3ccc(OC)cc3)[C@H]4c3ccc(O)c(C)c3)C2=O)cc1. The third kappa shape index (κ3) is 5.27. The van der Waals surface area contributed by atoms with E-state index in [1.807, 2.05) is 55.5 Å². The second kappa shape index (κ2) is 13.1. The Labute approximate surface area is 317 Å². The highest BCUT2D eigenvalue weighted by Crippen LogP contribution is 2.64. The van der Waals surface area contributed by atoms with Gasteiger partial charge < -0.3 is 9.84 Å². The average molecular weight is 751 g/mol. The molecule has 2 heterocycles. The summed E-state index contributed by atoms with van der Waals surface area (Å²) in [5.74, 6) is -4.47. The van der Waals surface area contributed by atoms with Crippen molar-refractivity contribution in [2.75, 3.05) is 17.4 Å². The summed E-state index contributed by atoms with van der Waals surface area (Å²) in [4.78, 5) is 60.3. The van der Waals surface area contributed by atoms with Gasteiger partial charge in [0.25, 0.3) is 11.8 Å². The third-order valence-corrected chi connectivity index (χ3v) is 12.3. The number of ether oxygens (including phenoxy) is 1. The van der Waals surface area contributed by atoms with Gasteiger partial charge in [0.1, 0.15) is 11.5 Å². The Hall–Kier alpha value is -5.12. The van der Waals surface area contributed by atoms with Crippen molar-refractivity contribution in [2.45, 2.75) is 44.4 Å². The maximum Gasteiger partial charge on any atom is 0.260 e. The zero-order valence-electron chi connectivity index (χ0n) is 29.3. The lowest BCUT2D eigenvalue weighted by Gasteiger charge is -2.50. The first kappa shape index (κ1) is 34.9. The molecule has 0 radical (unpaired) electrons. The van der Waals surface area contributed by atoms with Crippen LogP contribution in [0.25, 0.3) is 0 Å². The number of hydrogen-bond acceptors (Lipinski definition) is 7. The normalized spacial score (nSPS) is 26.3. The van der Waals surface area contributed by atoms with Crippen LogP contribution in [0.15, 0.2) is 96.6 Å². The Balaban J connectivity index is 1.32. The van der Waals surface area contributed by atoms with E-state index in [2.05, 4.69) is 5.43 Å². The lowest BCUT2D eigenvalue weighted by atomic mass is 9.49. The number of carbonyl (C=O) groups excluding carboxylic acids is 4. The summed E-state index contributed by atoms with van der Waals surface area (Å²) in [5.41, 5.74) is 6.15. The molecular formula is C42H37Cl2N3O6. The van der Waals surface area contributed by atoms with E-state index in [0.29, 0.717) is 45.3 Å². The molecule has 270 valence electrons. The number of phenolic OH excluding ortho intramolecular Hbond substituents is 1. The Bertz CT molecular complexity index is 2220. The van der Waals surface area contributed by atoms with Crippen LogP contribution in [0.1, 0.15) is 47.9 Å². The van der Waals surface area contributed by atoms with Gasteiger partial charge in [0, 0.05) is 10.9 Å². The predicted molar refractivity (Wildman–Crippen MR) is 202 cm³/mol. The molecule has 4 aromatic carbocycles. The number of imide groups is 2. The van der Waals surface area contributed by atoms with E-state index in [1.165, 1.54) is 11.0 Å². The minimum absolute atomic E-state index is 0.0876. The molecule has 8 rings (SSSR count). The number of hydrazine groups is 1. The van der Waals surface area contributed by atoms with Gasteiger partial charge >= 0.3 is 0 Å². The summed E-state index contributed by atoms with van der Waals surface area (Å²) in [5, 5.41) is 12.3. The highest BCUT2D eigenvalue weighted by Gasteiger charge is 2.70. The number of halogens is 2. The number of anilines is 2. The van der Waals surface area contributed by atoms with Crippen LogP contribution in [0.5, 0.6) is 11.5 Å². The molecule has 9 nitrogen and oxygen atoms in total. The Morgan fingerprint density at radius 2 is 1.62 bits per heavy atom. The molecule has 4 aromatic rings. The number of nitrogens with zero attached hydrogens (tertiary/aromatic N) is 2. The van der Waals surface area contributed by atoms with Crippen molar-refractivity contribution in [3.63, 3.8) is 0 Å². The fourth-order valence-electron chi connectivity index (χ4n) is 9.21. The minimum Gasteiger partial charge on any atom is -0.508 e. The molecule has 2 N–H and O–H groups in total. The van der Waals surface area contributed by atoms with Gasteiger partial charge in [-0.1, -0.05) is 78.2 Å². The molecule has 0 unspecified atom stereocenters. The number of aryl methyl sites for hydroxylation is 2. The van der Waals surface area contributed by atoms with E-state index >= 15 is 4.79 Å². The smallest absolute Gasteiger partial charge is 0.260 e. The molecule has 53 heavy (non-hydrogen) atoms. The number of amides is 4. The van der Waals surface area contributed by atoms with E-state index in [4.69, 9.17) is 27.9 Å². The van der Waals surface area contributed by atoms with Crippen molar-refractivity contribution in [1.29, 1.82) is 0 Å². The topological polar surface area (TPSA) is 116 Å². The van der Waals surface area contributed by atoms with Crippen LogP contribution in [0.4, 0.5) is 11.4 Å². The molecule has 6 atom stereocenters. The second-order valence-corrected chi connectivity index (χ2v) is 15.1. The van der Waals surface area contributed by atoms with Crippen molar-refractivity contribution in [3.8, 4) is 11.5 Å². The molecule has 2 aliphatic heterocycles. The number of nitrogens with one attached hydrogen (secondary N) is 1. The minimum atomic E-state index is -1.49. The molecule has 0 spiro atoms. The number of rotatable bonds is 7. The Morgan fingerprint density at radius 1 is 0.887 bits per heavy atom. The fraction of sp³-hybridized carbons (Fsp3) is 0.286. The zero-order chi connectivity index (χ0) is 37.3. The number of aromatic hydroxyl groups is 1. The standard InChI is InChI=1S/C42H37Cl2N3O6/c1-4-23-5-11-27(12-6-23)46-38(49)30-16-15-29-31(36(30)40(46)51)21-32-39(50)47(45-34-17-10-26(43)20-33(34)44)41(52)42(32,25-8-13-28(53-3)14-9-25)37(29)24-7-18-35(48)22(2)19-24/h5-15,17-20,30-32,36-37,45,48H,4,16,21H2,1-3H3/t30-,31+,32-,36-,37-,42+/m0/s1. The number of benzene rings is 4. The van der Waals surface area contributed by atoms with Gasteiger partial charge in [0.2, 0.25) is 11.8 Å². The summed E-state index contributed by atoms with van der Waals surface area (Å²) < 4.78 is 5.48. The zero-order valence-corrected chi connectivity index (χ0v) is 30.8. The van der Waals surface area contributed by atoms with E-state index in [1.54, 1.807) is 50.4 Å². The van der Waals surface area contributed by atoms with E-state index in [9.17, 15) is 19.5 Å². The van der Waals surface area contributed by atoms with Crippen LogP contribution in [-0.2, 0) is 31.0 Å². The number of methoxy groups -OCH3 is 1. The molecule has 4 aliphatic rings. The second-order valence-electron chi connectivity index (χ2n) is 14.3. The van der Waals surface area contributed by atoms with Crippen molar-refractivity contribution in [1.82, 2.24) is 5.01 Å². The van der Waals surface area contributed by atoms with Gasteiger partial charge in [0.15, 0.2) is 0 Å². The summed E-state index contributed by atoms with van der Waals surface area (Å²) in [6.45, 7) is 3.82. The van der Waals surface area contributed by atoms with Gasteiger partial charge in [-0.2, -0.15) is 5.01 Å². The number of carbonyl (C=O) groups is 4. The molecule has 0 aromatic heterocycles. The first-order valence-electron chi connectivity index (χ1n) is 17.7. The first-order valence-corrected chi connectivity index (χ1v) is 18.5. The Morgan fingerprint density at radius 3 is 2.28 bits per heavy atom. The largest absolute Gasteiger partial charge is 0.508 e. The van der Waals surface area contributed by atoms with Crippen molar-refractivity contribution in [2.24, 2.45) is 23.7 Å². The molecule has 1 saturated carbocycles. The number of hydrogen-bond donors (Lipinski definition) is 2. The Kier molecular flexibility index (Phi) is 8.62. The average Bonchev–Trinajstić information content (AvgIpc) is 3.54. The molecule has 2 aliphatic carbocycles. The van der Waals surface area contributed by atoms with Crippen molar-refractivity contribution >= 4 is 58.2 Å². The molecule has 2 saturated heterocycles. The number of phenols is 1. The van der Waals surface area contributed by atoms with E-state index < -0.39 is 46.8 Å². The first-order chi connectivity index (χ1) is 25.5. The lowest BCUT2D eigenvalue weighted by Crippen LogP contribution is -2.53. The van der Waals surface area contributed by atoms with Crippen molar-refractivity contribution in [3.05, 3.63) is 129 Å². The maximum atomic E-state index is 15.4. The van der Waals surface area contributed by atoms with Gasteiger partial charge in [-0.05, 0) is 103 Å². The lowest BCUT2D eigenvalue weighted by molar-refractivity contribution is -0.138. The monoisotopic (exact) mass is 749 g/mol. The van der Waals surface area contributed by atoms with Crippen LogP contribution in [0, 0.1) is 30.6 Å². The van der Waals surface area contributed by atoms with Crippen molar-refractivity contribution < 1.29 is 29.0 Å². The van der Waals surface area contributed by atoms with Gasteiger partial charge in [0.05, 0.1) is 46.7 Å². The van der Waals surface area contributed by atoms with E-state index in [0.717, 1.165) is 22.6 Å². The van der Waals surface area contributed by atoms with Gasteiger partial charge in [-0.25, -0.2) is 0 Å². The van der Waals surface area contributed by atoms with Crippen LogP contribution >= 0.6 is 23.2 Å². The molecule has 4 amide bonds. The van der Waals surface area contributed by atoms with E-state index in [-0.39, 0.29) is 29.0 Å². The van der Waals surface area contributed by atoms with Gasteiger partial charge in [-0.3, -0.25) is 29.5 Å². The van der Waals surface area contributed by atoms with Crippen LogP contribution < -0.4 is 15.1 Å². The predicted octanol–water partition coefficient (Wildman–Crippen LogP) is 7.77. The van der Waals surface area contributed by atoms with Gasteiger partial charge in [-0.15, -0.1) is 0 Å². The number of allylic oxidation sites excluding steroid dienone is 2. The molecule has 11 heteroatoms. The molecule has 3 fully saturated rings. The summed E-state index contributed by atoms with van der Waals surface area (Å²) >= 11 is 12.7. The highest BCUT2D eigenvalue weighted by molar-refractivity contribution is 6.36. The summed E-state index contributed by atoms with van der Waals surface area (Å²) in [6, 6.07) is 24.6. The van der Waals surface area contributed by atoms with Crippen LogP contribution in [0.2, 0.25) is 10.0 Å². The third-order valence-electron chi connectivity index (χ3n) is 11.7. The molecule has 0 bridgehead atoms. The highest BCUT2D eigenvalue weighted by atomic mass is 35.5. The maximum absolute atomic E-state index is 15.4. The van der Waals surface area contributed by atoms with Crippen LogP contribution in [0.3, 0.4) is 0 Å². The van der Waals surface area contributed by atoms with Crippen LogP contribution in [-0.4, -0.2) is 40.9 Å². The quantitative estimate of drug-likeness (QED) is 0.147. The number of fused-ring (bicyclic) bond motifs is 4. The summed E-state index contributed by atoms with van der Waals surface area (Å²) in [7, 11) is 1.56. The molecular weight excluding hydrogens is 713 g/mol. The fourth-order valence-corrected chi connectivity index (χ4v) is 9.66.